The minimum absolute atomic E-state index is 0.0450. The minimum atomic E-state index is -0.0450. The molecule has 0 spiro atoms. The molecule has 0 fully saturated rings. The third-order valence-corrected chi connectivity index (χ3v) is 8.18. The van der Waals surface area contributed by atoms with Gasteiger partial charge < -0.3 is 0 Å². The van der Waals surface area contributed by atoms with Gasteiger partial charge in [-0.1, -0.05) is 39.8 Å². The van der Waals surface area contributed by atoms with Gasteiger partial charge in [-0.3, -0.25) is 9.48 Å². The van der Waals surface area contributed by atoms with Crippen molar-refractivity contribution in [3.05, 3.63) is 80.9 Å². The second kappa shape index (κ2) is 9.21. The summed E-state index contributed by atoms with van der Waals surface area (Å²) in [5.74, 6) is 0.267. The summed E-state index contributed by atoms with van der Waals surface area (Å²) in [6.45, 7) is 10.6. The van der Waals surface area contributed by atoms with Crippen LogP contribution in [0.3, 0.4) is 0 Å². The highest BCUT2D eigenvalue weighted by molar-refractivity contribution is 7.13. The Morgan fingerprint density at radius 1 is 1.14 bits per heavy atom. The molecule has 1 aliphatic rings. The smallest absolute Gasteiger partial charge is 0.175 e. The van der Waals surface area contributed by atoms with Gasteiger partial charge in [0.15, 0.2) is 5.78 Å². The first-order chi connectivity index (χ1) is 17.1. The van der Waals surface area contributed by atoms with E-state index in [4.69, 9.17) is 0 Å². The summed E-state index contributed by atoms with van der Waals surface area (Å²) >= 11 is 1.52. The van der Waals surface area contributed by atoms with Crippen molar-refractivity contribution in [1.82, 2.24) is 24.7 Å². The standard InChI is InChI=1S/C29H31N5OS/c1-17-9-19(27-23-11-20(12-24(23)31-16-32-27)21-13-33-34(6)15-21)7-8-22(17)18(2)10-25(35)26-14-30-28(36-26)29(3,4)5/h7-9,12-16,18H,10-11H2,1-6H3. The molecule has 6 nitrogen and oxygen atoms in total. The molecule has 0 radical (unpaired) electrons. The number of nitrogens with zero attached hydrogens (tertiary/aromatic N) is 5. The van der Waals surface area contributed by atoms with Crippen molar-refractivity contribution in [1.29, 1.82) is 0 Å². The van der Waals surface area contributed by atoms with Gasteiger partial charge in [-0.25, -0.2) is 15.0 Å². The van der Waals surface area contributed by atoms with E-state index in [2.05, 4.69) is 78.9 Å². The van der Waals surface area contributed by atoms with Crippen LogP contribution in [0.5, 0.6) is 0 Å². The maximum atomic E-state index is 13.0. The highest BCUT2D eigenvalue weighted by atomic mass is 32.1. The number of carbonyl (C=O) groups excluding carboxylic acids is 1. The summed E-state index contributed by atoms with van der Waals surface area (Å²) in [6, 6.07) is 6.46. The van der Waals surface area contributed by atoms with E-state index in [1.807, 2.05) is 24.1 Å². The lowest BCUT2D eigenvalue weighted by Gasteiger charge is -2.16. The predicted molar refractivity (Wildman–Crippen MR) is 145 cm³/mol. The summed E-state index contributed by atoms with van der Waals surface area (Å²) < 4.78 is 1.82. The third kappa shape index (κ3) is 4.67. The van der Waals surface area contributed by atoms with Crippen molar-refractivity contribution in [3.8, 4) is 11.3 Å². The molecule has 0 bridgehead atoms. The Morgan fingerprint density at radius 3 is 2.61 bits per heavy atom. The third-order valence-electron chi connectivity index (χ3n) is 6.72. The molecule has 184 valence electrons. The van der Waals surface area contributed by atoms with Crippen molar-refractivity contribution in [2.24, 2.45) is 7.05 Å². The molecular weight excluding hydrogens is 466 g/mol. The van der Waals surface area contributed by atoms with Crippen LogP contribution in [0.15, 0.2) is 43.1 Å². The van der Waals surface area contributed by atoms with Crippen LogP contribution >= 0.6 is 11.3 Å². The van der Waals surface area contributed by atoms with Crippen LogP contribution in [0.1, 0.15) is 82.7 Å². The second-order valence-electron chi connectivity index (χ2n) is 10.7. The number of benzene rings is 1. The van der Waals surface area contributed by atoms with Crippen LogP contribution < -0.4 is 0 Å². The number of ketones is 1. The van der Waals surface area contributed by atoms with Gasteiger partial charge >= 0.3 is 0 Å². The number of allylic oxidation sites excluding steroid dienone is 1. The number of hydrogen-bond donors (Lipinski definition) is 0. The first-order valence-electron chi connectivity index (χ1n) is 12.2. The second-order valence-corrected chi connectivity index (χ2v) is 11.7. The minimum Gasteiger partial charge on any atom is -0.293 e. The average Bonchev–Trinajstić information content (AvgIpc) is 3.57. The molecule has 36 heavy (non-hydrogen) atoms. The van der Waals surface area contributed by atoms with E-state index in [0.29, 0.717) is 6.42 Å². The average molecular weight is 498 g/mol. The lowest BCUT2D eigenvalue weighted by molar-refractivity contribution is 0.0979. The largest absolute Gasteiger partial charge is 0.293 e. The maximum Gasteiger partial charge on any atom is 0.175 e. The van der Waals surface area contributed by atoms with Crippen LogP contribution in [0.25, 0.3) is 22.9 Å². The van der Waals surface area contributed by atoms with Crippen molar-refractivity contribution >= 4 is 28.8 Å². The molecule has 0 saturated heterocycles. The van der Waals surface area contributed by atoms with Crippen molar-refractivity contribution in [2.45, 2.75) is 58.8 Å². The van der Waals surface area contributed by atoms with Crippen molar-refractivity contribution < 1.29 is 4.79 Å². The molecule has 1 aromatic carbocycles. The normalized spacial score (nSPS) is 14.0. The lowest BCUT2D eigenvalue weighted by atomic mass is 9.89. The molecule has 0 amide bonds. The summed E-state index contributed by atoms with van der Waals surface area (Å²) in [7, 11) is 1.93. The molecular formula is C29H31N5OS. The number of Topliss-reactive ketones (excluding diaryl/α,β-unsaturated/α-hetero) is 1. The van der Waals surface area contributed by atoms with Crippen LogP contribution in [-0.2, 0) is 18.9 Å². The zero-order chi connectivity index (χ0) is 25.6. The van der Waals surface area contributed by atoms with E-state index in [9.17, 15) is 4.79 Å². The molecule has 0 saturated carbocycles. The molecule has 3 heterocycles. The van der Waals surface area contributed by atoms with E-state index in [-0.39, 0.29) is 17.1 Å². The summed E-state index contributed by atoms with van der Waals surface area (Å²) in [5, 5.41) is 5.30. The van der Waals surface area contributed by atoms with Gasteiger partial charge in [0, 0.05) is 54.4 Å². The molecule has 4 aromatic rings. The Kier molecular flexibility index (Phi) is 6.20. The van der Waals surface area contributed by atoms with E-state index < -0.39 is 0 Å². The van der Waals surface area contributed by atoms with E-state index in [1.54, 1.807) is 12.5 Å². The van der Waals surface area contributed by atoms with E-state index >= 15 is 0 Å². The predicted octanol–water partition coefficient (Wildman–Crippen LogP) is 6.41. The highest BCUT2D eigenvalue weighted by Gasteiger charge is 2.24. The SMILES string of the molecule is Cc1cc(-c2ncnc3c2CC(c2cnn(C)c2)=C3)ccc1C(C)CC(=O)c1cnc(C(C)(C)C)s1. The number of rotatable bonds is 6. The maximum absolute atomic E-state index is 13.0. The van der Waals surface area contributed by atoms with E-state index in [1.165, 1.54) is 28.0 Å². The fourth-order valence-corrected chi connectivity index (χ4v) is 5.69. The Balaban J connectivity index is 1.34. The van der Waals surface area contributed by atoms with Crippen LogP contribution in [-0.4, -0.2) is 30.5 Å². The Morgan fingerprint density at radius 2 is 1.94 bits per heavy atom. The Hall–Kier alpha value is -3.45. The summed E-state index contributed by atoms with van der Waals surface area (Å²) in [5.41, 5.74) is 8.78. The topological polar surface area (TPSA) is 73.6 Å². The van der Waals surface area contributed by atoms with Crippen molar-refractivity contribution in [3.63, 3.8) is 0 Å². The number of aryl methyl sites for hydroxylation is 2. The fourth-order valence-electron chi connectivity index (χ4n) is 4.77. The number of thiazole rings is 1. The highest BCUT2D eigenvalue weighted by Crippen LogP contribution is 2.37. The monoisotopic (exact) mass is 497 g/mol. The van der Waals surface area contributed by atoms with Gasteiger partial charge in [0.05, 0.1) is 27.5 Å². The molecule has 7 heteroatoms. The molecule has 0 N–H and O–H groups in total. The van der Waals surface area contributed by atoms with Gasteiger partial charge in [0.2, 0.25) is 0 Å². The molecule has 1 atom stereocenters. The zero-order valence-corrected chi connectivity index (χ0v) is 22.5. The molecule has 5 rings (SSSR count). The quantitative estimate of drug-likeness (QED) is 0.288. The first kappa shape index (κ1) is 24.3. The Labute approximate surface area is 216 Å². The van der Waals surface area contributed by atoms with Gasteiger partial charge in [-0.05, 0) is 41.7 Å². The van der Waals surface area contributed by atoms with Crippen LogP contribution in [0.4, 0.5) is 0 Å². The van der Waals surface area contributed by atoms with Gasteiger partial charge in [-0.15, -0.1) is 11.3 Å². The molecule has 3 aromatic heterocycles. The number of carbonyl (C=O) groups is 1. The number of hydrogen-bond acceptors (Lipinski definition) is 6. The lowest BCUT2D eigenvalue weighted by Crippen LogP contribution is -2.09. The zero-order valence-electron chi connectivity index (χ0n) is 21.7. The van der Waals surface area contributed by atoms with Gasteiger partial charge in [-0.2, -0.15) is 5.10 Å². The van der Waals surface area contributed by atoms with Gasteiger partial charge in [0.25, 0.3) is 0 Å². The molecule has 1 unspecified atom stereocenters. The Bertz CT molecular complexity index is 1490. The molecule has 1 aliphatic carbocycles. The van der Waals surface area contributed by atoms with Crippen LogP contribution in [0.2, 0.25) is 0 Å². The van der Waals surface area contributed by atoms with Crippen molar-refractivity contribution in [2.75, 3.05) is 0 Å². The number of aromatic nitrogens is 5. The summed E-state index contributed by atoms with van der Waals surface area (Å²) in [6.07, 6.45) is 10.7. The fraction of sp³-hybridized carbons (Fsp3) is 0.345. The molecule has 0 aliphatic heterocycles. The first-order valence-corrected chi connectivity index (χ1v) is 13.1. The van der Waals surface area contributed by atoms with E-state index in [0.717, 1.165) is 44.4 Å². The van der Waals surface area contributed by atoms with Gasteiger partial charge in [0.1, 0.15) is 6.33 Å². The summed E-state index contributed by atoms with van der Waals surface area (Å²) in [4.78, 5) is 27.4. The van der Waals surface area contributed by atoms with Crippen LogP contribution in [0, 0.1) is 6.92 Å². The number of fused-ring (bicyclic) bond motifs is 1.